The molecule has 4 N–H and O–H groups in total. The number of carbonyl (C=O) groups is 1. The maximum Gasteiger partial charge on any atom is 0.205 e. The number of hydrogen-bond acceptors (Lipinski definition) is 7. The molecular weight excluding hydrogens is 288 g/mol. The van der Waals surface area contributed by atoms with Gasteiger partial charge in [0.1, 0.15) is 33.6 Å². The summed E-state index contributed by atoms with van der Waals surface area (Å²) in [5.74, 6) is -1.13. The van der Waals surface area contributed by atoms with Gasteiger partial charge in [0.2, 0.25) is 5.78 Å². The SMILES string of the molecule is O=C(c1c(O)ccc2n[nH]nc12)c1c(O)ccc2n[nH]nc12. The number of carbonyl (C=O) groups excluding carboxylic acids is 1. The van der Waals surface area contributed by atoms with Crippen LogP contribution in [-0.4, -0.2) is 46.8 Å². The predicted octanol–water partition coefficient (Wildman–Crippen LogP) is 0.871. The van der Waals surface area contributed by atoms with Crippen molar-refractivity contribution in [3.8, 4) is 11.5 Å². The highest BCUT2D eigenvalue weighted by atomic mass is 16.3. The number of H-pyrrole nitrogens is 2. The third-order valence-corrected chi connectivity index (χ3v) is 3.39. The second-order valence-electron chi connectivity index (χ2n) is 4.63. The number of aromatic nitrogens is 6. The van der Waals surface area contributed by atoms with Crippen LogP contribution in [0.25, 0.3) is 22.1 Å². The summed E-state index contributed by atoms with van der Waals surface area (Å²) in [6.45, 7) is 0. The number of nitrogens with zero attached hydrogens (tertiary/aromatic N) is 4. The van der Waals surface area contributed by atoms with Gasteiger partial charge >= 0.3 is 0 Å². The van der Waals surface area contributed by atoms with E-state index in [2.05, 4.69) is 30.8 Å². The molecule has 2 heterocycles. The maximum atomic E-state index is 12.8. The molecule has 0 unspecified atom stereocenters. The van der Waals surface area contributed by atoms with Crippen LogP contribution in [0.4, 0.5) is 0 Å². The van der Waals surface area contributed by atoms with Crippen molar-refractivity contribution in [3.63, 3.8) is 0 Å². The average molecular weight is 296 g/mol. The van der Waals surface area contributed by atoms with Gasteiger partial charge in [-0.15, -0.1) is 0 Å². The Morgan fingerprint density at radius 1 is 0.773 bits per heavy atom. The van der Waals surface area contributed by atoms with E-state index >= 15 is 0 Å². The lowest BCUT2D eigenvalue weighted by atomic mass is 9.99. The van der Waals surface area contributed by atoms with E-state index in [1.54, 1.807) is 0 Å². The summed E-state index contributed by atoms with van der Waals surface area (Å²) in [4.78, 5) is 12.8. The Morgan fingerprint density at radius 2 is 1.23 bits per heavy atom. The van der Waals surface area contributed by atoms with Crippen LogP contribution >= 0.6 is 0 Å². The lowest BCUT2D eigenvalue weighted by molar-refractivity contribution is 0.103. The maximum absolute atomic E-state index is 12.8. The molecule has 0 radical (unpaired) electrons. The monoisotopic (exact) mass is 296 g/mol. The van der Waals surface area contributed by atoms with Gasteiger partial charge < -0.3 is 10.2 Å². The number of aromatic amines is 2. The summed E-state index contributed by atoms with van der Waals surface area (Å²) in [7, 11) is 0. The molecule has 108 valence electrons. The van der Waals surface area contributed by atoms with Crippen LogP contribution in [0, 0.1) is 0 Å². The molecule has 0 bridgehead atoms. The number of benzene rings is 2. The van der Waals surface area contributed by atoms with Crippen molar-refractivity contribution in [3.05, 3.63) is 35.4 Å². The molecule has 2 aromatic heterocycles. The van der Waals surface area contributed by atoms with Crippen LogP contribution < -0.4 is 0 Å². The fraction of sp³-hybridized carbons (Fsp3) is 0. The van der Waals surface area contributed by atoms with E-state index in [1.807, 2.05) is 0 Å². The van der Waals surface area contributed by atoms with Crippen molar-refractivity contribution in [2.45, 2.75) is 0 Å². The second-order valence-corrected chi connectivity index (χ2v) is 4.63. The Morgan fingerprint density at radius 3 is 1.68 bits per heavy atom. The summed E-state index contributed by atoms with van der Waals surface area (Å²) in [5, 5.41) is 40.4. The Bertz CT molecular complexity index is 953. The third kappa shape index (κ3) is 1.56. The molecule has 22 heavy (non-hydrogen) atoms. The Kier molecular flexibility index (Phi) is 2.37. The fourth-order valence-electron chi connectivity index (χ4n) is 2.38. The van der Waals surface area contributed by atoms with Crippen LogP contribution in [0.5, 0.6) is 11.5 Å². The largest absolute Gasteiger partial charge is 0.507 e. The topological polar surface area (TPSA) is 141 Å². The lowest BCUT2D eigenvalue weighted by Crippen LogP contribution is -2.04. The van der Waals surface area contributed by atoms with E-state index in [9.17, 15) is 15.0 Å². The molecule has 0 amide bonds. The van der Waals surface area contributed by atoms with Crippen LogP contribution in [-0.2, 0) is 0 Å². The number of rotatable bonds is 2. The minimum absolute atomic E-state index is 0.0583. The first-order valence-corrected chi connectivity index (χ1v) is 6.26. The van der Waals surface area contributed by atoms with E-state index in [4.69, 9.17) is 0 Å². The predicted molar refractivity (Wildman–Crippen MR) is 74.5 cm³/mol. The summed E-state index contributed by atoms with van der Waals surface area (Å²) in [5.41, 5.74) is 1.16. The molecule has 0 aliphatic heterocycles. The van der Waals surface area contributed by atoms with Crippen molar-refractivity contribution in [2.24, 2.45) is 0 Å². The summed E-state index contributed by atoms with van der Waals surface area (Å²) in [6, 6.07) is 5.75. The zero-order valence-corrected chi connectivity index (χ0v) is 10.9. The third-order valence-electron chi connectivity index (χ3n) is 3.39. The molecule has 9 heteroatoms. The molecule has 0 aliphatic rings. The number of nitrogens with one attached hydrogen (secondary N) is 2. The normalized spacial score (nSPS) is 11.3. The van der Waals surface area contributed by atoms with Gasteiger partial charge in [0.05, 0.1) is 11.1 Å². The smallest absolute Gasteiger partial charge is 0.205 e. The van der Waals surface area contributed by atoms with Gasteiger partial charge in [0, 0.05) is 0 Å². The quantitative estimate of drug-likeness (QED) is 0.402. The molecule has 4 rings (SSSR count). The van der Waals surface area contributed by atoms with Gasteiger partial charge in [0.15, 0.2) is 0 Å². The number of hydrogen-bond donors (Lipinski definition) is 4. The van der Waals surface area contributed by atoms with Gasteiger partial charge in [-0.1, -0.05) is 0 Å². The van der Waals surface area contributed by atoms with Crippen LogP contribution in [0.1, 0.15) is 15.9 Å². The number of aromatic hydroxyl groups is 2. The van der Waals surface area contributed by atoms with Gasteiger partial charge in [-0.25, -0.2) is 0 Å². The minimum atomic E-state index is -0.617. The summed E-state index contributed by atoms with van der Waals surface area (Å²) >= 11 is 0. The van der Waals surface area contributed by atoms with Gasteiger partial charge in [-0.05, 0) is 24.3 Å². The zero-order valence-electron chi connectivity index (χ0n) is 10.9. The van der Waals surface area contributed by atoms with E-state index in [1.165, 1.54) is 24.3 Å². The number of phenols is 2. The molecule has 2 aromatic carbocycles. The minimum Gasteiger partial charge on any atom is -0.507 e. The van der Waals surface area contributed by atoms with Gasteiger partial charge in [0.25, 0.3) is 0 Å². The molecule has 0 fully saturated rings. The first-order chi connectivity index (χ1) is 10.7. The van der Waals surface area contributed by atoms with Gasteiger partial charge in [-0.3, -0.25) is 4.79 Å². The Balaban J connectivity index is 2.04. The van der Waals surface area contributed by atoms with E-state index in [-0.39, 0.29) is 33.7 Å². The van der Waals surface area contributed by atoms with Crippen molar-refractivity contribution in [1.82, 2.24) is 30.8 Å². The standard InChI is InChI=1S/C13H8N6O3/c20-7-3-1-5-11(16-18-14-5)9(7)13(22)10-8(21)4-2-6-12(10)17-19-15-6/h1-4,20-21H,(H,14,16,18)(H,15,17,19). The van der Waals surface area contributed by atoms with E-state index in [0.29, 0.717) is 11.0 Å². The second kappa shape index (κ2) is 4.25. The first kappa shape index (κ1) is 12.3. The molecule has 0 atom stereocenters. The molecular formula is C13H8N6O3. The summed E-state index contributed by atoms with van der Waals surface area (Å²) in [6.07, 6.45) is 0. The lowest BCUT2D eigenvalue weighted by Gasteiger charge is -2.06. The van der Waals surface area contributed by atoms with Crippen LogP contribution in [0.15, 0.2) is 24.3 Å². The van der Waals surface area contributed by atoms with Crippen molar-refractivity contribution < 1.29 is 15.0 Å². The highest BCUT2D eigenvalue weighted by Gasteiger charge is 2.25. The molecule has 0 spiro atoms. The fourth-order valence-corrected chi connectivity index (χ4v) is 2.38. The van der Waals surface area contributed by atoms with Crippen LogP contribution in [0.3, 0.4) is 0 Å². The molecule has 0 saturated heterocycles. The summed E-state index contributed by atoms with van der Waals surface area (Å²) < 4.78 is 0. The molecule has 9 nitrogen and oxygen atoms in total. The van der Waals surface area contributed by atoms with E-state index < -0.39 is 5.78 Å². The average Bonchev–Trinajstić information content (AvgIpc) is 3.14. The van der Waals surface area contributed by atoms with Crippen molar-refractivity contribution in [2.75, 3.05) is 0 Å². The first-order valence-electron chi connectivity index (χ1n) is 6.26. The Hall–Kier alpha value is -3.49. The molecule has 0 aliphatic carbocycles. The van der Waals surface area contributed by atoms with E-state index in [0.717, 1.165) is 0 Å². The molecule has 4 aromatic rings. The number of phenolic OH excluding ortho intramolecular Hbond substituents is 2. The van der Waals surface area contributed by atoms with Crippen LogP contribution in [0.2, 0.25) is 0 Å². The van der Waals surface area contributed by atoms with Gasteiger partial charge in [-0.2, -0.15) is 30.8 Å². The van der Waals surface area contributed by atoms with Crippen molar-refractivity contribution in [1.29, 1.82) is 0 Å². The van der Waals surface area contributed by atoms with Crippen molar-refractivity contribution >= 4 is 27.9 Å². The number of fused-ring (bicyclic) bond motifs is 2. The molecule has 0 saturated carbocycles. The number of ketones is 1. The highest BCUT2D eigenvalue weighted by molar-refractivity contribution is 6.22. The Labute approximate surface area is 121 Å². The zero-order chi connectivity index (χ0) is 15.3. The highest BCUT2D eigenvalue weighted by Crippen LogP contribution is 2.32.